The van der Waals surface area contributed by atoms with Gasteiger partial charge in [0.15, 0.2) is 0 Å². The Labute approximate surface area is 149 Å². The molecule has 1 fully saturated rings. The molecule has 0 bridgehead atoms. The Balaban J connectivity index is 1.83. The molecule has 6 nitrogen and oxygen atoms in total. The van der Waals surface area contributed by atoms with Crippen LogP contribution in [0.4, 0.5) is 5.69 Å². The lowest BCUT2D eigenvalue weighted by atomic mass is 10.1. The average Bonchev–Trinajstić information content (AvgIpc) is 3.21. The number of aromatic nitrogens is 2. The molecule has 0 spiro atoms. The van der Waals surface area contributed by atoms with E-state index >= 15 is 0 Å². The van der Waals surface area contributed by atoms with E-state index in [4.69, 9.17) is 0 Å². The van der Waals surface area contributed by atoms with E-state index in [9.17, 15) is 8.42 Å². The molecule has 3 rings (SSSR count). The summed E-state index contributed by atoms with van der Waals surface area (Å²) in [7, 11) is -3.60. The number of hydrogen-bond donors (Lipinski definition) is 1. The van der Waals surface area contributed by atoms with Crippen LogP contribution < -0.4 is 9.62 Å². The number of benzene rings is 1. The molecule has 0 aliphatic carbocycles. The van der Waals surface area contributed by atoms with Gasteiger partial charge >= 0.3 is 0 Å². The Morgan fingerprint density at radius 3 is 2.48 bits per heavy atom. The molecule has 2 heterocycles. The lowest BCUT2D eigenvalue weighted by molar-refractivity contribution is 0.579. The van der Waals surface area contributed by atoms with Crippen molar-refractivity contribution in [1.29, 1.82) is 0 Å². The first-order chi connectivity index (χ1) is 11.9. The summed E-state index contributed by atoms with van der Waals surface area (Å²) in [4.78, 5) is 2.63. The summed E-state index contributed by atoms with van der Waals surface area (Å²) in [5.74, 6) is 0. The van der Waals surface area contributed by atoms with Gasteiger partial charge in [-0.25, -0.2) is 13.1 Å². The number of anilines is 1. The molecule has 0 saturated carbocycles. The first kappa shape index (κ1) is 17.9. The highest BCUT2D eigenvalue weighted by atomic mass is 32.2. The van der Waals surface area contributed by atoms with Crippen molar-refractivity contribution in [3.05, 3.63) is 41.2 Å². The van der Waals surface area contributed by atoms with E-state index in [2.05, 4.69) is 20.8 Å². The minimum Gasteiger partial charge on any atom is -0.371 e. The molecule has 7 heteroatoms. The van der Waals surface area contributed by atoms with Crippen molar-refractivity contribution in [2.45, 2.75) is 51.6 Å². The first-order valence-corrected chi connectivity index (χ1v) is 10.3. The van der Waals surface area contributed by atoms with Crippen molar-refractivity contribution >= 4 is 15.7 Å². The second-order valence-corrected chi connectivity index (χ2v) is 8.17. The maximum atomic E-state index is 12.8. The fraction of sp³-hybridized carbons (Fsp3) is 0.500. The molecule has 1 aromatic carbocycles. The van der Waals surface area contributed by atoms with Gasteiger partial charge in [-0.3, -0.25) is 4.68 Å². The van der Waals surface area contributed by atoms with Gasteiger partial charge in [-0.15, -0.1) is 0 Å². The van der Waals surface area contributed by atoms with Crippen LogP contribution in [0.2, 0.25) is 0 Å². The SMILES string of the molecule is CCn1nc(C)c(S(=O)(=O)NCc2ccccc2N2CCCC2)c1C. The highest BCUT2D eigenvalue weighted by molar-refractivity contribution is 7.89. The molecule has 1 N–H and O–H groups in total. The quantitative estimate of drug-likeness (QED) is 0.858. The molecular weight excluding hydrogens is 336 g/mol. The molecule has 2 aromatic rings. The molecule has 0 amide bonds. The number of nitrogens with zero attached hydrogens (tertiary/aromatic N) is 3. The second kappa shape index (κ2) is 7.17. The van der Waals surface area contributed by atoms with Crippen LogP contribution in [0.25, 0.3) is 0 Å². The van der Waals surface area contributed by atoms with E-state index in [0.717, 1.165) is 24.3 Å². The Kier molecular flexibility index (Phi) is 5.15. The molecule has 1 aliphatic heterocycles. The largest absolute Gasteiger partial charge is 0.371 e. The molecule has 0 atom stereocenters. The maximum Gasteiger partial charge on any atom is 0.244 e. The zero-order valence-corrected chi connectivity index (χ0v) is 15.9. The lowest BCUT2D eigenvalue weighted by Gasteiger charge is -2.21. The Bertz CT molecular complexity index is 852. The van der Waals surface area contributed by atoms with Gasteiger partial charge in [-0.1, -0.05) is 18.2 Å². The third kappa shape index (κ3) is 3.57. The summed E-state index contributed by atoms with van der Waals surface area (Å²) in [6.07, 6.45) is 2.38. The number of nitrogens with one attached hydrogen (secondary N) is 1. The number of aryl methyl sites for hydroxylation is 2. The van der Waals surface area contributed by atoms with Gasteiger partial charge in [0.2, 0.25) is 10.0 Å². The molecule has 1 aliphatic rings. The lowest BCUT2D eigenvalue weighted by Crippen LogP contribution is -2.26. The third-order valence-corrected chi connectivity index (χ3v) is 6.43. The molecular formula is C18H26N4O2S. The van der Waals surface area contributed by atoms with Crippen LogP contribution in [0, 0.1) is 13.8 Å². The van der Waals surface area contributed by atoms with E-state index in [-0.39, 0.29) is 6.54 Å². The minimum absolute atomic E-state index is 0.283. The van der Waals surface area contributed by atoms with E-state index in [1.165, 1.54) is 12.8 Å². The van der Waals surface area contributed by atoms with Crippen molar-refractivity contribution in [2.24, 2.45) is 0 Å². The van der Waals surface area contributed by atoms with Crippen LogP contribution in [0.1, 0.15) is 36.7 Å². The van der Waals surface area contributed by atoms with Gasteiger partial charge in [0, 0.05) is 31.9 Å². The van der Waals surface area contributed by atoms with Gasteiger partial charge in [-0.05, 0) is 45.2 Å². The fourth-order valence-electron chi connectivity index (χ4n) is 3.55. The Morgan fingerprint density at radius 1 is 1.16 bits per heavy atom. The van der Waals surface area contributed by atoms with Gasteiger partial charge < -0.3 is 4.90 Å². The zero-order valence-electron chi connectivity index (χ0n) is 15.1. The first-order valence-electron chi connectivity index (χ1n) is 8.80. The average molecular weight is 362 g/mol. The molecule has 0 unspecified atom stereocenters. The van der Waals surface area contributed by atoms with Crippen molar-refractivity contribution in [1.82, 2.24) is 14.5 Å². The second-order valence-electron chi connectivity index (χ2n) is 6.46. The van der Waals surface area contributed by atoms with Crippen LogP contribution in [0.15, 0.2) is 29.2 Å². The Morgan fingerprint density at radius 2 is 1.84 bits per heavy atom. The molecule has 1 aromatic heterocycles. The van der Waals surface area contributed by atoms with E-state index in [1.807, 2.05) is 25.1 Å². The zero-order chi connectivity index (χ0) is 18.0. The number of sulfonamides is 1. The standard InChI is InChI=1S/C18H26N4O2S/c1-4-22-15(3)18(14(2)20-22)25(23,24)19-13-16-9-5-6-10-17(16)21-11-7-8-12-21/h5-6,9-10,19H,4,7-8,11-13H2,1-3H3. The highest BCUT2D eigenvalue weighted by Gasteiger charge is 2.24. The summed E-state index contributed by atoms with van der Waals surface area (Å²) < 4.78 is 30.2. The van der Waals surface area contributed by atoms with Crippen LogP contribution >= 0.6 is 0 Å². The van der Waals surface area contributed by atoms with Crippen molar-refractivity contribution in [3.63, 3.8) is 0 Å². The Hall–Kier alpha value is -1.86. The predicted octanol–water partition coefficient (Wildman–Crippen LogP) is 2.60. The number of rotatable bonds is 6. The van der Waals surface area contributed by atoms with Gasteiger partial charge in [0.1, 0.15) is 4.90 Å². The third-order valence-electron chi connectivity index (χ3n) is 4.77. The monoisotopic (exact) mass is 362 g/mol. The fourth-order valence-corrected chi connectivity index (χ4v) is 4.96. The highest BCUT2D eigenvalue weighted by Crippen LogP contribution is 2.25. The van der Waals surface area contributed by atoms with E-state index in [0.29, 0.717) is 22.8 Å². The summed E-state index contributed by atoms with van der Waals surface area (Å²) in [5.41, 5.74) is 3.35. The predicted molar refractivity (Wildman–Crippen MR) is 99.3 cm³/mol. The molecule has 1 saturated heterocycles. The summed E-state index contributed by atoms with van der Waals surface area (Å²) in [6.45, 7) is 8.50. The van der Waals surface area contributed by atoms with Crippen LogP contribution in [-0.2, 0) is 23.1 Å². The van der Waals surface area contributed by atoms with Gasteiger partial charge in [-0.2, -0.15) is 5.10 Å². The van der Waals surface area contributed by atoms with Crippen molar-refractivity contribution in [2.75, 3.05) is 18.0 Å². The van der Waals surface area contributed by atoms with Crippen molar-refractivity contribution in [3.8, 4) is 0 Å². The van der Waals surface area contributed by atoms with E-state index in [1.54, 1.807) is 18.5 Å². The minimum atomic E-state index is -3.60. The van der Waals surface area contributed by atoms with E-state index < -0.39 is 10.0 Å². The number of hydrogen-bond acceptors (Lipinski definition) is 4. The summed E-state index contributed by atoms with van der Waals surface area (Å²) in [6, 6.07) is 8.02. The molecule has 136 valence electrons. The van der Waals surface area contributed by atoms with Crippen LogP contribution in [0.5, 0.6) is 0 Å². The van der Waals surface area contributed by atoms with Crippen LogP contribution in [-0.4, -0.2) is 31.3 Å². The van der Waals surface area contributed by atoms with Crippen LogP contribution in [0.3, 0.4) is 0 Å². The molecule has 0 radical (unpaired) electrons. The van der Waals surface area contributed by atoms with Gasteiger partial charge in [0.05, 0.1) is 11.4 Å². The smallest absolute Gasteiger partial charge is 0.244 e. The van der Waals surface area contributed by atoms with Crippen molar-refractivity contribution < 1.29 is 8.42 Å². The maximum absolute atomic E-state index is 12.8. The topological polar surface area (TPSA) is 67.2 Å². The molecule has 25 heavy (non-hydrogen) atoms. The number of para-hydroxylation sites is 1. The van der Waals surface area contributed by atoms with Gasteiger partial charge in [0.25, 0.3) is 0 Å². The summed E-state index contributed by atoms with van der Waals surface area (Å²) in [5, 5.41) is 4.32. The summed E-state index contributed by atoms with van der Waals surface area (Å²) >= 11 is 0. The normalized spacial score (nSPS) is 15.1.